The molecule has 3 aromatic rings. The number of carbonyl (C=O) groups excluding carboxylic acids is 1. The summed E-state index contributed by atoms with van der Waals surface area (Å²) in [6.45, 7) is 1.64. The zero-order chi connectivity index (χ0) is 15.0. The first-order valence-electron chi connectivity index (χ1n) is 6.36. The number of para-hydroxylation sites is 1. The number of rotatable bonds is 3. The Morgan fingerprint density at radius 1 is 1.19 bits per heavy atom. The number of carbonyl (C=O) groups is 2. The molecule has 0 aliphatic rings. The maximum absolute atomic E-state index is 12.4. The van der Waals surface area contributed by atoms with E-state index in [2.05, 4.69) is 15.3 Å². The van der Waals surface area contributed by atoms with Gasteiger partial charge in [-0.25, -0.2) is 4.79 Å². The minimum Gasteiger partial charge on any atom is -0.478 e. The molecule has 0 aliphatic carbocycles. The number of hydrogen-bond donors (Lipinski definition) is 4. The molecule has 1 aromatic carbocycles. The SMILES string of the molecule is Cc1[nH]cc(NC(=O)c2cccc3cc[nH]c23)c1C(=O)O. The Morgan fingerprint density at radius 3 is 2.76 bits per heavy atom. The van der Waals surface area contributed by atoms with E-state index in [9.17, 15) is 14.7 Å². The molecule has 2 heterocycles. The average molecular weight is 283 g/mol. The third kappa shape index (κ3) is 2.16. The molecule has 106 valence electrons. The van der Waals surface area contributed by atoms with Crippen molar-refractivity contribution < 1.29 is 14.7 Å². The number of aromatic nitrogens is 2. The number of hydrogen-bond acceptors (Lipinski definition) is 2. The van der Waals surface area contributed by atoms with E-state index in [0.29, 0.717) is 11.3 Å². The highest BCUT2D eigenvalue weighted by Gasteiger charge is 2.18. The summed E-state index contributed by atoms with van der Waals surface area (Å²) in [6.07, 6.45) is 3.23. The third-order valence-electron chi connectivity index (χ3n) is 3.37. The number of aromatic carboxylic acids is 1. The van der Waals surface area contributed by atoms with Gasteiger partial charge in [0, 0.05) is 23.5 Å². The molecule has 1 amide bonds. The van der Waals surface area contributed by atoms with Crippen molar-refractivity contribution in [1.82, 2.24) is 9.97 Å². The highest BCUT2D eigenvalue weighted by atomic mass is 16.4. The molecule has 0 saturated heterocycles. The van der Waals surface area contributed by atoms with Crippen LogP contribution in [0.3, 0.4) is 0 Å². The van der Waals surface area contributed by atoms with Crippen LogP contribution in [0.1, 0.15) is 26.4 Å². The molecule has 0 aliphatic heterocycles. The number of carboxylic acids is 1. The summed E-state index contributed by atoms with van der Waals surface area (Å²) >= 11 is 0. The van der Waals surface area contributed by atoms with E-state index in [1.165, 1.54) is 6.20 Å². The summed E-state index contributed by atoms with van der Waals surface area (Å²) in [7, 11) is 0. The van der Waals surface area contributed by atoms with Gasteiger partial charge in [-0.05, 0) is 19.1 Å². The zero-order valence-electron chi connectivity index (χ0n) is 11.2. The Hall–Kier alpha value is -3.02. The zero-order valence-corrected chi connectivity index (χ0v) is 11.2. The normalized spacial score (nSPS) is 10.7. The van der Waals surface area contributed by atoms with E-state index in [0.717, 1.165) is 10.9 Å². The predicted octanol–water partition coefficient (Wildman–Crippen LogP) is 2.75. The first kappa shape index (κ1) is 13.0. The summed E-state index contributed by atoms with van der Waals surface area (Å²) in [5, 5.41) is 12.7. The van der Waals surface area contributed by atoms with E-state index in [1.807, 2.05) is 12.1 Å². The van der Waals surface area contributed by atoms with E-state index in [1.54, 1.807) is 25.3 Å². The number of amides is 1. The molecule has 21 heavy (non-hydrogen) atoms. The molecule has 6 heteroatoms. The van der Waals surface area contributed by atoms with Crippen molar-refractivity contribution in [2.45, 2.75) is 6.92 Å². The molecule has 0 radical (unpaired) electrons. The number of aryl methyl sites for hydroxylation is 1. The van der Waals surface area contributed by atoms with E-state index in [4.69, 9.17) is 0 Å². The maximum atomic E-state index is 12.4. The average Bonchev–Trinajstić information content (AvgIpc) is 3.04. The van der Waals surface area contributed by atoms with E-state index in [-0.39, 0.29) is 17.2 Å². The summed E-state index contributed by atoms with van der Waals surface area (Å²) in [6, 6.07) is 7.24. The second-order valence-corrected chi connectivity index (χ2v) is 4.71. The second-order valence-electron chi connectivity index (χ2n) is 4.71. The van der Waals surface area contributed by atoms with E-state index >= 15 is 0 Å². The lowest BCUT2D eigenvalue weighted by atomic mass is 10.1. The maximum Gasteiger partial charge on any atom is 0.339 e. The minimum absolute atomic E-state index is 0.0713. The van der Waals surface area contributed by atoms with Gasteiger partial charge in [-0.2, -0.15) is 0 Å². The standard InChI is InChI=1S/C15H13N3O3/c1-8-12(15(20)21)11(7-17-8)18-14(19)10-4-2-3-9-5-6-16-13(9)10/h2-7,16-17H,1H3,(H,18,19)(H,20,21). The number of nitrogens with one attached hydrogen (secondary N) is 3. The lowest BCUT2D eigenvalue weighted by molar-refractivity contribution is 0.0697. The number of H-pyrrole nitrogens is 2. The van der Waals surface area contributed by atoms with Gasteiger partial charge in [0.15, 0.2) is 0 Å². The van der Waals surface area contributed by atoms with Crippen LogP contribution < -0.4 is 5.32 Å². The van der Waals surface area contributed by atoms with Crippen LogP contribution in [0.2, 0.25) is 0 Å². The van der Waals surface area contributed by atoms with Crippen molar-refractivity contribution in [2.24, 2.45) is 0 Å². The van der Waals surface area contributed by atoms with Crippen LogP contribution in [0.25, 0.3) is 10.9 Å². The van der Waals surface area contributed by atoms with Gasteiger partial charge in [-0.3, -0.25) is 4.79 Å². The fourth-order valence-corrected chi connectivity index (χ4v) is 2.36. The van der Waals surface area contributed by atoms with E-state index < -0.39 is 5.97 Å². The molecule has 6 nitrogen and oxygen atoms in total. The van der Waals surface area contributed by atoms with Gasteiger partial charge >= 0.3 is 5.97 Å². The van der Waals surface area contributed by atoms with Gasteiger partial charge in [0.1, 0.15) is 5.56 Å². The highest BCUT2D eigenvalue weighted by molar-refractivity contribution is 6.13. The Balaban J connectivity index is 1.97. The number of aromatic amines is 2. The first-order valence-corrected chi connectivity index (χ1v) is 6.36. The van der Waals surface area contributed by atoms with Crippen LogP contribution in [0.5, 0.6) is 0 Å². The molecule has 0 spiro atoms. The lowest BCUT2D eigenvalue weighted by Crippen LogP contribution is -2.14. The summed E-state index contributed by atoms with van der Waals surface area (Å²) < 4.78 is 0. The largest absolute Gasteiger partial charge is 0.478 e. The number of anilines is 1. The van der Waals surface area contributed by atoms with Crippen LogP contribution in [-0.4, -0.2) is 27.0 Å². The molecule has 0 unspecified atom stereocenters. The van der Waals surface area contributed by atoms with Crippen LogP contribution in [-0.2, 0) is 0 Å². The fourth-order valence-electron chi connectivity index (χ4n) is 2.36. The Bertz CT molecular complexity index is 845. The van der Waals surface area contributed by atoms with Gasteiger partial charge < -0.3 is 20.4 Å². The molecule has 0 saturated carbocycles. The van der Waals surface area contributed by atoms with Crippen molar-refractivity contribution in [3.63, 3.8) is 0 Å². The van der Waals surface area contributed by atoms with Crippen molar-refractivity contribution in [3.05, 3.63) is 53.5 Å². The van der Waals surface area contributed by atoms with Crippen molar-refractivity contribution >= 4 is 28.5 Å². The fraction of sp³-hybridized carbons (Fsp3) is 0.0667. The summed E-state index contributed by atoms with van der Waals surface area (Å²) in [5.74, 6) is -1.44. The van der Waals surface area contributed by atoms with Crippen LogP contribution >= 0.6 is 0 Å². The van der Waals surface area contributed by atoms with Gasteiger partial charge in [-0.1, -0.05) is 12.1 Å². The number of benzene rings is 1. The Labute approximate surface area is 119 Å². The Morgan fingerprint density at radius 2 is 2.00 bits per heavy atom. The molecule has 0 atom stereocenters. The van der Waals surface area contributed by atoms with Crippen molar-refractivity contribution in [2.75, 3.05) is 5.32 Å². The second kappa shape index (κ2) is 4.82. The molecule has 4 N–H and O–H groups in total. The van der Waals surface area contributed by atoms with Crippen LogP contribution in [0, 0.1) is 6.92 Å². The van der Waals surface area contributed by atoms with Crippen molar-refractivity contribution in [1.29, 1.82) is 0 Å². The number of carboxylic acid groups (broad SMARTS) is 1. The van der Waals surface area contributed by atoms with Crippen molar-refractivity contribution in [3.8, 4) is 0 Å². The number of fused-ring (bicyclic) bond motifs is 1. The molecule has 3 rings (SSSR count). The third-order valence-corrected chi connectivity index (χ3v) is 3.37. The topological polar surface area (TPSA) is 98.0 Å². The Kier molecular flexibility index (Phi) is 2.98. The molecular formula is C15H13N3O3. The van der Waals surface area contributed by atoms with Gasteiger partial charge in [0.2, 0.25) is 0 Å². The first-order chi connectivity index (χ1) is 10.1. The van der Waals surface area contributed by atoms with Gasteiger partial charge in [0.25, 0.3) is 5.91 Å². The summed E-state index contributed by atoms with van der Waals surface area (Å²) in [4.78, 5) is 29.4. The quantitative estimate of drug-likeness (QED) is 0.595. The molecule has 2 aromatic heterocycles. The van der Waals surface area contributed by atoms with Crippen LogP contribution in [0.4, 0.5) is 5.69 Å². The van der Waals surface area contributed by atoms with Gasteiger partial charge in [-0.15, -0.1) is 0 Å². The smallest absolute Gasteiger partial charge is 0.339 e. The van der Waals surface area contributed by atoms with Crippen LogP contribution in [0.15, 0.2) is 36.7 Å². The summed E-state index contributed by atoms with van der Waals surface area (Å²) in [5.41, 5.74) is 2.01. The van der Waals surface area contributed by atoms with Gasteiger partial charge in [0.05, 0.1) is 16.8 Å². The monoisotopic (exact) mass is 283 g/mol. The molecule has 0 bridgehead atoms. The predicted molar refractivity (Wildman–Crippen MR) is 78.7 cm³/mol. The molecular weight excluding hydrogens is 270 g/mol. The lowest BCUT2D eigenvalue weighted by Gasteiger charge is -2.06. The highest BCUT2D eigenvalue weighted by Crippen LogP contribution is 2.22. The minimum atomic E-state index is -1.08. The molecule has 0 fully saturated rings.